The highest BCUT2D eigenvalue weighted by molar-refractivity contribution is 7.80. The molecule has 1 aromatic heterocycles. The topological polar surface area (TPSA) is 270 Å². The van der Waals surface area contributed by atoms with Gasteiger partial charge in [0, 0.05) is 24.0 Å². The lowest BCUT2D eigenvalue weighted by Gasteiger charge is -2.50. The Morgan fingerprint density at radius 1 is 1.24 bits per heavy atom. The number of thiazole rings is 1. The SMILES string of the molecule is CC(O/N=C(\C(=O)N[C@@H]1C(=O)N(OS(=O)(=O)O)C1(C)C)c1csc(N)n1)(C(=O)O)[C@H]1CCc2cc(C(N)=NC3CCC4(CC3)CNC4)ccc2O1. The molecule has 8 N–H and O–H groups in total. The third-order valence-electron chi connectivity index (χ3n) is 10.1. The van der Waals surface area contributed by atoms with Crippen LogP contribution in [0, 0.1) is 5.41 Å². The number of oxime groups is 1. The average molecular weight is 749 g/mol. The lowest BCUT2D eigenvalue weighted by molar-refractivity contribution is -0.218. The Balaban J connectivity index is 1.17. The number of carboxylic acids is 1. The Hall–Kier alpha value is -4.37. The fourth-order valence-electron chi connectivity index (χ4n) is 6.78. The first-order chi connectivity index (χ1) is 23.9. The summed E-state index contributed by atoms with van der Waals surface area (Å²) in [5.74, 6) is -2.54. The number of hydrogen-bond donors (Lipinski definition) is 6. The predicted octanol–water partition coefficient (Wildman–Crippen LogP) is 0.761. The van der Waals surface area contributed by atoms with Crippen LogP contribution in [0.3, 0.4) is 0 Å². The van der Waals surface area contributed by atoms with Crippen molar-refractivity contribution >= 4 is 56.2 Å². The van der Waals surface area contributed by atoms with Crippen LogP contribution in [0.5, 0.6) is 5.75 Å². The smallest absolute Gasteiger partial charge is 0.418 e. The number of aromatic nitrogens is 1. The number of aliphatic carboxylic acids is 1. The molecule has 0 bridgehead atoms. The van der Waals surface area contributed by atoms with Gasteiger partial charge in [-0.15, -0.1) is 15.6 Å². The van der Waals surface area contributed by atoms with Crippen molar-refractivity contribution in [3.63, 3.8) is 0 Å². The molecule has 1 saturated carbocycles. The molecular weight excluding hydrogens is 709 g/mol. The van der Waals surface area contributed by atoms with Crippen molar-refractivity contribution in [2.45, 2.75) is 88.6 Å². The zero-order valence-electron chi connectivity index (χ0n) is 28.1. The van der Waals surface area contributed by atoms with Gasteiger partial charge in [-0.25, -0.2) is 9.78 Å². The summed E-state index contributed by atoms with van der Waals surface area (Å²) in [6, 6.07) is 4.22. The average Bonchev–Trinajstić information content (AvgIpc) is 3.50. The van der Waals surface area contributed by atoms with E-state index in [1.807, 2.05) is 6.07 Å². The molecular formula is C31H40N8O10S2. The van der Waals surface area contributed by atoms with Crippen LogP contribution in [0.2, 0.25) is 0 Å². The van der Waals surface area contributed by atoms with Gasteiger partial charge in [0.15, 0.2) is 16.9 Å². The van der Waals surface area contributed by atoms with E-state index in [2.05, 4.69) is 25.1 Å². The lowest BCUT2D eigenvalue weighted by atomic mass is 9.69. The number of rotatable bonds is 11. The third-order valence-corrected chi connectivity index (χ3v) is 11.1. The van der Waals surface area contributed by atoms with Crippen LogP contribution >= 0.6 is 11.3 Å². The number of benzene rings is 1. The molecule has 276 valence electrons. The Morgan fingerprint density at radius 3 is 2.51 bits per heavy atom. The van der Waals surface area contributed by atoms with Crippen molar-refractivity contribution in [3.05, 3.63) is 40.4 Å². The fraction of sp³-hybridized carbons (Fsp3) is 0.548. The van der Waals surface area contributed by atoms with E-state index in [1.54, 1.807) is 12.1 Å². The number of aliphatic imine (C=N–C) groups is 1. The third kappa shape index (κ3) is 7.23. The van der Waals surface area contributed by atoms with E-state index in [0.29, 0.717) is 28.5 Å². The van der Waals surface area contributed by atoms with E-state index in [1.165, 1.54) is 26.2 Å². The van der Waals surface area contributed by atoms with Crippen LogP contribution in [0.4, 0.5) is 5.13 Å². The second-order valence-electron chi connectivity index (χ2n) is 14.0. The van der Waals surface area contributed by atoms with Gasteiger partial charge in [-0.2, -0.15) is 13.5 Å². The molecule has 2 saturated heterocycles. The van der Waals surface area contributed by atoms with Crippen LogP contribution in [-0.2, 0) is 40.3 Å². The van der Waals surface area contributed by atoms with Crippen LogP contribution in [0.25, 0.3) is 0 Å². The first kappa shape index (κ1) is 36.4. The van der Waals surface area contributed by atoms with Crippen LogP contribution in [-0.4, -0.2) is 99.9 Å². The van der Waals surface area contributed by atoms with E-state index in [4.69, 9.17) is 30.6 Å². The number of nitrogens with two attached hydrogens (primary N) is 2. The number of nitrogens with zero attached hydrogens (tertiary/aromatic N) is 4. The maximum Gasteiger partial charge on any atom is 0.418 e. The molecule has 3 aliphatic heterocycles. The fourth-order valence-corrected chi connectivity index (χ4v) is 7.78. The Kier molecular flexibility index (Phi) is 9.51. The van der Waals surface area contributed by atoms with E-state index in [9.17, 15) is 27.9 Å². The molecule has 3 atom stereocenters. The minimum Gasteiger partial charge on any atom is -0.485 e. The molecule has 18 nitrogen and oxygen atoms in total. The zero-order valence-corrected chi connectivity index (χ0v) is 29.8. The Bertz CT molecular complexity index is 1900. The quantitative estimate of drug-likeness (QED) is 0.0609. The molecule has 3 fully saturated rings. The monoisotopic (exact) mass is 748 g/mol. The number of amidine groups is 1. The summed E-state index contributed by atoms with van der Waals surface area (Å²) in [6.45, 7) is 6.15. The number of fused-ring (bicyclic) bond motifs is 1. The number of carbonyl (C=O) groups excluding carboxylic acids is 2. The number of β-lactam (4-membered cyclic amide) rings is 1. The summed E-state index contributed by atoms with van der Waals surface area (Å²) in [5, 5.41) is 21.9. The molecule has 2 amide bonds. The molecule has 4 heterocycles. The van der Waals surface area contributed by atoms with Crippen molar-refractivity contribution in [1.82, 2.24) is 20.7 Å². The number of nitrogen functional groups attached to an aromatic ring is 1. The van der Waals surface area contributed by atoms with Crippen molar-refractivity contribution in [1.29, 1.82) is 0 Å². The van der Waals surface area contributed by atoms with Gasteiger partial charge in [0.2, 0.25) is 0 Å². The number of carbonyl (C=O) groups is 3. The molecule has 0 radical (unpaired) electrons. The summed E-state index contributed by atoms with van der Waals surface area (Å²) >= 11 is 0.972. The number of hydrogen-bond acceptors (Lipinski definition) is 14. The minimum atomic E-state index is -5.03. The van der Waals surface area contributed by atoms with Gasteiger partial charge >= 0.3 is 16.4 Å². The molecule has 1 aromatic carbocycles. The largest absolute Gasteiger partial charge is 0.485 e. The highest BCUT2D eigenvalue weighted by Crippen LogP contribution is 2.40. The molecule has 1 spiro atoms. The van der Waals surface area contributed by atoms with E-state index in [-0.39, 0.29) is 23.3 Å². The zero-order chi connectivity index (χ0) is 36.9. The molecule has 4 aliphatic rings. The number of carboxylic acid groups (broad SMARTS) is 1. The number of anilines is 1. The summed E-state index contributed by atoms with van der Waals surface area (Å²) in [5.41, 5.74) is 10.1. The first-order valence-corrected chi connectivity index (χ1v) is 18.5. The molecule has 1 aliphatic carbocycles. The van der Waals surface area contributed by atoms with Gasteiger partial charge in [0.05, 0.1) is 11.6 Å². The predicted molar refractivity (Wildman–Crippen MR) is 183 cm³/mol. The van der Waals surface area contributed by atoms with Crippen LogP contribution in [0.15, 0.2) is 33.7 Å². The van der Waals surface area contributed by atoms with Crippen molar-refractivity contribution in [3.8, 4) is 5.75 Å². The van der Waals surface area contributed by atoms with Crippen LogP contribution in [0.1, 0.15) is 69.7 Å². The summed E-state index contributed by atoms with van der Waals surface area (Å²) in [7, 11) is -5.03. The van der Waals surface area contributed by atoms with Crippen molar-refractivity contribution < 1.29 is 46.3 Å². The summed E-state index contributed by atoms with van der Waals surface area (Å²) < 4.78 is 41.9. The van der Waals surface area contributed by atoms with E-state index < -0.39 is 57.2 Å². The lowest BCUT2D eigenvalue weighted by Crippen LogP contribution is -2.76. The highest BCUT2D eigenvalue weighted by Gasteiger charge is 2.58. The maximum atomic E-state index is 13.5. The number of aryl methyl sites for hydroxylation is 1. The first-order valence-electron chi connectivity index (χ1n) is 16.3. The van der Waals surface area contributed by atoms with E-state index >= 15 is 0 Å². The van der Waals surface area contributed by atoms with Gasteiger partial charge in [-0.1, -0.05) is 5.16 Å². The van der Waals surface area contributed by atoms with Gasteiger partial charge in [0.1, 0.15) is 23.3 Å². The number of nitrogens with one attached hydrogen (secondary N) is 2. The molecule has 1 unspecified atom stereocenters. The Labute approximate surface area is 297 Å². The Morgan fingerprint density at radius 2 is 1.94 bits per heavy atom. The van der Waals surface area contributed by atoms with Crippen molar-refractivity contribution in [2.24, 2.45) is 21.3 Å². The normalized spacial score (nSPS) is 24.4. The van der Waals surface area contributed by atoms with E-state index in [0.717, 1.165) is 61.2 Å². The summed E-state index contributed by atoms with van der Waals surface area (Å²) in [6.07, 6.45) is 3.83. The number of hydroxylamine groups is 2. The second-order valence-corrected chi connectivity index (χ2v) is 15.9. The van der Waals surface area contributed by atoms with Gasteiger partial charge in [0.25, 0.3) is 17.4 Å². The molecule has 2 aromatic rings. The maximum absolute atomic E-state index is 13.5. The molecule has 51 heavy (non-hydrogen) atoms. The highest BCUT2D eigenvalue weighted by atomic mass is 32.3. The van der Waals surface area contributed by atoms with Gasteiger partial charge in [-0.3, -0.25) is 19.1 Å². The van der Waals surface area contributed by atoms with Crippen LogP contribution < -0.4 is 26.8 Å². The standard InChI is InChI=1S/C31H40N8O10S2/c1-29(2)23(26(41)39(29)49-51(44,45)46)37-25(40)22(19-13-50-28(33)36-19)38-48-30(3,27(42)43)21-7-5-16-12-17(4-6-20(16)47-21)24(32)35-18-8-10-31(11-9-18)14-34-15-31/h4,6,12-13,18,21,23,34H,5,7-11,14-15H2,1-3H3,(H2,32,35)(H2,33,36)(H,37,40)(H,42,43)(H,44,45,46)/b38-22-/t21-,23-,30?/m1/s1. The second kappa shape index (κ2) is 13.3. The summed E-state index contributed by atoms with van der Waals surface area (Å²) in [4.78, 5) is 53.3. The molecule has 20 heteroatoms. The van der Waals surface area contributed by atoms with Crippen molar-refractivity contribution in [2.75, 3.05) is 18.8 Å². The van der Waals surface area contributed by atoms with Gasteiger partial charge < -0.3 is 36.8 Å². The van der Waals surface area contributed by atoms with Gasteiger partial charge in [-0.05, 0) is 88.5 Å². The number of ether oxygens (including phenoxy) is 1. The number of amides is 2. The molecule has 6 rings (SSSR count). The minimum absolute atomic E-state index is 0.0647.